The van der Waals surface area contributed by atoms with Crippen molar-refractivity contribution in [1.82, 2.24) is 0 Å². The van der Waals surface area contributed by atoms with Crippen LogP contribution in [-0.4, -0.2) is 11.8 Å². The Morgan fingerprint density at radius 2 is 1.00 bits per heavy atom. The van der Waals surface area contributed by atoms with Crippen LogP contribution < -0.4 is 4.90 Å². The van der Waals surface area contributed by atoms with Crippen LogP contribution in [0, 0.1) is 25.7 Å². The van der Waals surface area contributed by atoms with Gasteiger partial charge in [-0.3, -0.25) is 9.59 Å². The second-order valence-electron chi connectivity index (χ2n) is 8.72. The molecule has 0 aromatic heterocycles. The highest BCUT2D eigenvalue weighted by Crippen LogP contribution is 2.70. The zero-order chi connectivity index (χ0) is 21.7. The van der Waals surface area contributed by atoms with Crippen LogP contribution in [0.25, 0.3) is 0 Å². The van der Waals surface area contributed by atoms with Gasteiger partial charge in [0.15, 0.2) is 0 Å². The largest absolute Gasteiger partial charge is 0.274 e. The van der Waals surface area contributed by atoms with Crippen molar-refractivity contribution < 1.29 is 9.59 Å². The van der Waals surface area contributed by atoms with Crippen LogP contribution in [-0.2, 0) is 18.2 Å². The fraction of sp³-hybridized carbons (Fsp3) is 0.231. The summed E-state index contributed by atoms with van der Waals surface area (Å²) in [5.41, 5.74) is 6.77. The van der Waals surface area contributed by atoms with Gasteiger partial charge in [0, 0.05) is 0 Å². The summed E-state index contributed by atoms with van der Waals surface area (Å²) in [5, 5.41) is 0. The molecule has 0 radical (unpaired) electrons. The standard InChI is InChI=1S/C26H19Br2NO2/c1-14-8-7-9-15(2)22(14)29-23(30)20-21(24(29)31)26(28)17-11-4-3-10-16(17)25(20,27)18-12-5-6-13-19(18)26/h3-13,20-21H,1-2H3/t20-,21+,25?,26?. The van der Waals surface area contributed by atoms with Gasteiger partial charge in [-0.05, 0) is 47.2 Å². The first-order chi connectivity index (χ1) is 14.8. The molecule has 1 aliphatic heterocycles. The molecule has 3 nitrogen and oxygen atoms in total. The van der Waals surface area contributed by atoms with Gasteiger partial charge < -0.3 is 0 Å². The first kappa shape index (κ1) is 19.4. The Morgan fingerprint density at radius 1 is 0.645 bits per heavy atom. The highest BCUT2D eigenvalue weighted by molar-refractivity contribution is 9.10. The van der Waals surface area contributed by atoms with Gasteiger partial charge in [-0.25, -0.2) is 4.90 Å². The van der Waals surface area contributed by atoms with Crippen molar-refractivity contribution in [1.29, 1.82) is 0 Å². The van der Waals surface area contributed by atoms with E-state index in [0.29, 0.717) is 5.69 Å². The predicted molar refractivity (Wildman–Crippen MR) is 128 cm³/mol. The fourth-order valence-corrected chi connectivity index (χ4v) is 8.35. The molecule has 0 spiro atoms. The number of amides is 2. The van der Waals surface area contributed by atoms with Crippen molar-refractivity contribution in [2.45, 2.75) is 22.5 Å². The molecule has 0 unspecified atom stereocenters. The lowest BCUT2D eigenvalue weighted by Gasteiger charge is -2.55. The summed E-state index contributed by atoms with van der Waals surface area (Å²) >= 11 is 8.09. The Hall–Kier alpha value is -2.24. The SMILES string of the molecule is Cc1cccc(C)c1N1C(=O)[C@@H]2[C@H](C1=O)C1(Br)c3ccccc3C2(Br)c2ccccc21. The summed E-state index contributed by atoms with van der Waals surface area (Å²) in [4.78, 5) is 29.6. The minimum Gasteiger partial charge on any atom is -0.274 e. The van der Waals surface area contributed by atoms with E-state index < -0.39 is 20.5 Å². The molecule has 0 saturated carbocycles. The third kappa shape index (κ3) is 2.10. The van der Waals surface area contributed by atoms with Gasteiger partial charge in [-0.15, -0.1) is 0 Å². The Kier molecular flexibility index (Phi) is 3.87. The van der Waals surface area contributed by atoms with E-state index in [-0.39, 0.29) is 11.8 Å². The molecule has 3 aromatic rings. The normalized spacial score (nSPS) is 30.3. The minimum absolute atomic E-state index is 0.142. The van der Waals surface area contributed by atoms with Crippen LogP contribution in [0.3, 0.4) is 0 Å². The molecule has 3 aromatic carbocycles. The molecule has 1 saturated heterocycles. The molecule has 2 atom stereocenters. The number of halogens is 2. The Morgan fingerprint density at radius 3 is 1.35 bits per heavy atom. The number of nitrogens with zero attached hydrogens (tertiary/aromatic N) is 1. The third-order valence-electron chi connectivity index (χ3n) is 7.25. The Labute approximate surface area is 197 Å². The smallest absolute Gasteiger partial charge is 0.239 e. The van der Waals surface area contributed by atoms with Crippen LogP contribution >= 0.6 is 31.9 Å². The van der Waals surface area contributed by atoms with Crippen LogP contribution in [0.4, 0.5) is 5.69 Å². The first-order valence-corrected chi connectivity index (χ1v) is 11.9. The molecule has 1 heterocycles. The molecule has 2 amide bonds. The van der Waals surface area contributed by atoms with Gasteiger partial charge in [0.25, 0.3) is 0 Å². The van der Waals surface area contributed by atoms with Crippen molar-refractivity contribution in [2.24, 2.45) is 11.8 Å². The zero-order valence-electron chi connectivity index (χ0n) is 17.0. The molecular weight excluding hydrogens is 518 g/mol. The van der Waals surface area contributed by atoms with E-state index in [1.165, 1.54) is 4.90 Å². The molecule has 4 aliphatic rings. The number of rotatable bonds is 1. The number of para-hydroxylation sites is 1. The van der Waals surface area contributed by atoms with Gasteiger partial charge in [0.05, 0.1) is 26.2 Å². The zero-order valence-corrected chi connectivity index (χ0v) is 20.2. The van der Waals surface area contributed by atoms with Gasteiger partial charge in [-0.1, -0.05) is 98.6 Å². The second-order valence-corrected chi connectivity index (χ2v) is 11.2. The highest BCUT2D eigenvalue weighted by atomic mass is 79.9. The molecule has 2 bridgehead atoms. The maximum absolute atomic E-state index is 14.1. The molecule has 31 heavy (non-hydrogen) atoms. The minimum atomic E-state index is -0.752. The summed E-state index contributed by atoms with van der Waals surface area (Å²) in [5.74, 6) is -1.36. The van der Waals surface area contributed by atoms with E-state index in [1.54, 1.807) is 0 Å². The van der Waals surface area contributed by atoms with Crippen LogP contribution in [0.2, 0.25) is 0 Å². The maximum Gasteiger partial charge on any atom is 0.239 e. The van der Waals surface area contributed by atoms with E-state index in [0.717, 1.165) is 33.4 Å². The summed E-state index contributed by atoms with van der Waals surface area (Å²) in [6.45, 7) is 3.91. The van der Waals surface area contributed by atoms with E-state index in [2.05, 4.69) is 56.1 Å². The molecular formula is C26H19Br2NO2. The number of hydrogen-bond donors (Lipinski definition) is 0. The number of aryl methyl sites for hydroxylation is 2. The van der Waals surface area contributed by atoms with E-state index in [4.69, 9.17) is 0 Å². The van der Waals surface area contributed by atoms with Crippen LogP contribution in [0.5, 0.6) is 0 Å². The maximum atomic E-state index is 14.1. The predicted octanol–water partition coefficient (Wildman–Crippen LogP) is 5.71. The third-order valence-corrected chi connectivity index (χ3v) is 9.94. The second kappa shape index (κ2) is 6.17. The van der Waals surface area contributed by atoms with E-state index in [9.17, 15) is 9.59 Å². The molecule has 5 heteroatoms. The average Bonchev–Trinajstić information content (AvgIpc) is 3.04. The topological polar surface area (TPSA) is 37.4 Å². The Bertz CT molecular complexity index is 1170. The molecule has 3 aliphatic carbocycles. The number of imide groups is 1. The van der Waals surface area contributed by atoms with Gasteiger partial charge in [0.1, 0.15) is 0 Å². The molecule has 0 N–H and O–H groups in total. The number of alkyl halides is 2. The monoisotopic (exact) mass is 535 g/mol. The van der Waals surface area contributed by atoms with E-state index in [1.807, 2.05) is 56.3 Å². The highest BCUT2D eigenvalue weighted by Gasteiger charge is 2.72. The number of carbonyl (C=O) groups excluding carboxylic acids is 2. The number of carbonyl (C=O) groups is 2. The number of benzene rings is 3. The average molecular weight is 537 g/mol. The van der Waals surface area contributed by atoms with Crippen molar-refractivity contribution in [3.63, 3.8) is 0 Å². The molecule has 1 fully saturated rings. The van der Waals surface area contributed by atoms with E-state index >= 15 is 0 Å². The lowest BCUT2D eigenvalue weighted by atomic mass is 9.54. The summed E-state index contributed by atoms with van der Waals surface area (Å²) < 4.78 is -1.50. The number of hydrogen-bond acceptors (Lipinski definition) is 2. The van der Waals surface area contributed by atoms with Crippen molar-refractivity contribution in [3.8, 4) is 0 Å². The number of anilines is 1. The van der Waals surface area contributed by atoms with Gasteiger partial charge in [-0.2, -0.15) is 0 Å². The van der Waals surface area contributed by atoms with Gasteiger partial charge >= 0.3 is 0 Å². The lowest BCUT2D eigenvalue weighted by Crippen LogP contribution is -2.56. The Balaban J connectivity index is 1.68. The summed E-state index contributed by atoms with van der Waals surface area (Å²) in [7, 11) is 0. The van der Waals surface area contributed by atoms with Gasteiger partial charge in [0.2, 0.25) is 11.8 Å². The summed E-state index contributed by atoms with van der Waals surface area (Å²) in [6, 6.07) is 22.2. The quantitative estimate of drug-likeness (QED) is 0.295. The summed E-state index contributed by atoms with van der Waals surface area (Å²) in [6.07, 6.45) is 0. The lowest BCUT2D eigenvalue weighted by molar-refractivity contribution is -0.122. The molecule has 154 valence electrons. The molecule has 7 rings (SSSR count). The van der Waals surface area contributed by atoms with Crippen molar-refractivity contribution >= 4 is 49.4 Å². The van der Waals surface area contributed by atoms with Crippen molar-refractivity contribution in [2.75, 3.05) is 4.90 Å². The fourth-order valence-electron chi connectivity index (χ4n) is 6.05. The van der Waals surface area contributed by atoms with Crippen LogP contribution in [0.15, 0.2) is 66.7 Å². The van der Waals surface area contributed by atoms with Crippen molar-refractivity contribution in [3.05, 3.63) is 100 Å². The first-order valence-electron chi connectivity index (χ1n) is 10.3. The van der Waals surface area contributed by atoms with Crippen LogP contribution in [0.1, 0.15) is 33.4 Å².